The van der Waals surface area contributed by atoms with Crippen LogP contribution in [-0.2, 0) is 121 Å². The molecule has 0 aromatic carbocycles. The molecule has 123 heavy (non-hydrogen) atoms. The Morgan fingerprint density at radius 1 is 0.382 bits per heavy atom. The Morgan fingerprint density at radius 2 is 0.756 bits per heavy atom. The predicted octanol–water partition coefficient (Wildman–Crippen LogP) is 5.76. The van der Waals surface area contributed by atoms with E-state index in [9.17, 15) is 112 Å². The third kappa shape index (κ3) is 57.0. The van der Waals surface area contributed by atoms with Gasteiger partial charge in [-0.2, -0.15) is 0 Å². The van der Waals surface area contributed by atoms with Gasteiger partial charge in [0.05, 0.1) is 102 Å². The number of nitrogens with zero attached hydrogens (tertiary/aromatic N) is 1. The molecule has 6 atom stereocenters. The van der Waals surface area contributed by atoms with Crippen molar-refractivity contribution in [3.05, 3.63) is 18.2 Å². The Labute approximate surface area is 718 Å². The molecule has 1 saturated carbocycles. The van der Waals surface area contributed by atoms with Gasteiger partial charge in [0.25, 0.3) is 0 Å². The lowest BCUT2D eigenvalue weighted by Gasteiger charge is -2.40. The average Bonchev–Trinajstić information content (AvgIpc) is 1.77. The van der Waals surface area contributed by atoms with E-state index < -0.39 is 157 Å². The Kier molecular flexibility index (Phi) is 60.9. The van der Waals surface area contributed by atoms with Crippen LogP contribution in [0.3, 0.4) is 0 Å². The fourth-order valence-corrected chi connectivity index (χ4v) is 13.6. The van der Waals surface area contributed by atoms with Gasteiger partial charge in [-0.15, -0.1) is 0 Å². The first-order chi connectivity index (χ1) is 58.9. The van der Waals surface area contributed by atoms with Crippen LogP contribution in [0.15, 0.2) is 12.5 Å². The molecule has 0 spiro atoms. The van der Waals surface area contributed by atoms with Crippen LogP contribution in [-0.4, -0.2) is 271 Å². The summed E-state index contributed by atoms with van der Waals surface area (Å²) in [6.07, 6.45) is 19.1. The first-order valence-corrected chi connectivity index (χ1v) is 43.4. The highest BCUT2D eigenvalue weighted by molar-refractivity contribution is 5.94. The van der Waals surface area contributed by atoms with Gasteiger partial charge in [0.15, 0.2) is 23.1 Å². The first-order valence-electron chi connectivity index (χ1n) is 43.4. The van der Waals surface area contributed by atoms with E-state index in [0.29, 0.717) is 51.4 Å². The molecule has 1 fully saturated rings. The zero-order valence-electron chi connectivity index (χ0n) is 71.6. The van der Waals surface area contributed by atoms with Gasteiger partial charge in [-0.1, -0.05) is 83.5 Å². The minimum Gasteiger partial charge on any atom is -0.481 e. The van der Waals surface area contributed by atoms with Crippen molar-refractivity contribution in [3.63, 3.8) is 0 Å². The summed E-state index contributed by atoms with van der Waals surface area (Å²) < 4.78 is 32.1. The van der Waals surface area contributed by atoms with Crippen LogP contribution in [0.1, 0.15) is 257 Å². The zero-order chi connectivity index (χ0) is 90.8. The van der Waals surface area contributed by atoms with Crippen molar-refractivity contribution in [2.24, 2.45) is 29.1 Å². The van der Waals surface area contributed by atoms with E-state index in [0.717, 1.165) is 69.9 Å². The monoisotopic (exact) mass is 1750 g/mol. The number of aromatic amines is 1. The lowest BCUT2D eigenvalue weighted by atomic mass is 9.63. The molecule has 5 amide bonds. The number of ether oxygens (including phenoxy) is 6. The molecule has 696 valence electrons. The largest absolute Gasteiger partial charge is 0.481 e. The summed E-state index contributed by atoms with van der Waals surface area (Å²) in [6.45, 7) is 0.412. The van der Waals surface area contributed by atoms with Gasteiger partial charge in [-0.3, -0.25) is 81.5 Å². The number of aliphatic carboxylic acids is 6. The summed E-state index contributed by atoms with van der Waals surface area (Å²) in [5.74, 6) is -16.5. The Morgan fingerprint density at radius 3 is 1.12 bits per heavy atom. The maximum Gasteiger partial charge on any atom is 0.326 e. The SMILES string of the molecule is CC(=O)[C@H](CCCCNC(=O)CC[C@H](CC(=O)COCCOCCNC(=O)CC[C@H](CC(=O)COCCOCCNC(=O)CC[C@H](CC(=O)COCCOCCNC(=O)CC[C@H](NC(=O)CC[C@H](CC(=O)CCCCCCCCCCCCCCCCC(=O)O)C(=O)O)C(=O)O)C(=O)O)C(=O)O)C(=O)O)NCC(=O)C1(CC(=O)CCc2cnc[nH]2)CCC1. The van der Waals surface area contributed by atoms with E-state index in [-0.39, 0.29) is 212 Å². The van der Waals surface area contributed by atoms with E-state index in [1.54, 1.807) is 12.5 Å². The topological polar surface area (TPSA) is 585 Å². The molecule has 1 aromatic heterocycles. The second kappa shape index (κ2) is 68.2. The van der Waals surface area contributed by atoms with Crippen LogP contribution in [0.2, 0.25) is 0 Å². The Hall–Kier alpha value is -9.21. The second-order valence-corrected chi connectivity index (χ2v) is 31.4. The van der Waals surface area contributed by atoms with Gasteiger partial charge in [-0.05, 0) is 90.4 Å². The van der Waals surface area contributed by atoms with Gasteiger partial charge >= 0.3 is 35.8 Å². The molecule has 38 nitrogen and oxygen atoms in total. The maximum absolute atomic E-state index is 13.3. The smallest absolute Gasteiger partial charge is 0.326 e. The second-order valence-electron chi connectivity index (χ2n) is 31.4. The summed E-state index contributed by atoms with van der Waals surface area (Å²) in [7, 11) is 0. The normalized spacial score (nSPS) is 13.6. The first kappa shape index (κ1) is 110. The quantitative estimate of drug-likeness (QED) is 0.0345. The standard InChI is InChI=1S/C85H136N8O30/c1-60(94)71(91-55-73(100)85(34-18-35-85)53-67(96)27-26-65-54-86-59-92-65)20-16-17-36-87-74(101)29-22-62(81(110)111)50-68(97)56-121-46-43-118-40-37-88-75(102)30-23-63(82(112)113)51-69(98)57-122-47-44-119-41-38-89-76(103)31-24-64(83(114)115)52-70(99)58-123-48-45-120-42-39-90-77(104)33-28-72(84(116)117)93-78(105)32-25-61(80(108)109)49-66(95)19-14-12-10-8-6-4-2-3-5-7-9-11-13-15-21-79(106)107/h54,59,61-64,71-72,91H,2-53,55-58H2,1H3,(H,86,92)(H,87,101)(H,88,102)(H,89,103)(H,90,104)(H,93,105)(H,106,107)(H,108,109)(H,110,111)(H,112,113)(H,114,115)(H,116,117)/t61-,62-,63-,64-,71+,72+/m1/s1. The number of hydrogen-bond acceptors (Lipinski definition) is 26. The number of unbranched alkanes of at least 4 members (excludes halogenated alkanes) is 14. The molecule has 1 aliphatic carbocycles. The average molecular weight is 1750 g/mol. The van der Waals surface area contributed by atoms with Gasteiger partial charge < -0.3 is 95.9 Å². The van der Waals surface area contributed by atoms with E-state index in [2.05, 4.69) is 41.9 Å². The predicted molar refractivity (Wildman–Crippen MR) is 441 cm³/mol. The van der Waals surface area contributed by atoms with Crippen molar-refractivity contribution in [2.75, 3.05) is 112 Å². The fraction of sp³-hybridized carbons (Fsp3) is 0.753. The minimum atomic E-state index is -1.44. The van der Waals surface area contributed by atoms with Crippen LogP contribution in [0.5, 0.6) is 0 Å². The molecule has 0 radical (unpaired) electrons. The van der Waals surface area contributed by atoms with Crippen molar-refractivity contribution in [2.45, 2.75) is 269 Å². The van der Waals surface area contributed by atoms with E-state index in [1.165, 1.54) is 32.6 Å². The van der Waals surface area contributed by atoms with Gasteiger partial charge in [0, 0.05) is 127 Å². The summed E-state index contributed by atoms with van der Waals surface area (Å²) in [5, 5.41) is 73.0. The Balaban J connectivity index is 1.46. The molecule has 1 aliphatic rings. The highest BCUT2D eigenvalue weighted by Crippen LogP contribution is 2.45. The number of carboxylic acid groups (broad SMARTS) is 6. The number of rotatable bonds is 85. The van der Waals surface area contributed by atoms with Gasteiger partial charge in [0.1, 0.15) is 43.2 Å². The van der Waals surface area contributed by atoms with Crippen molar-refractivity contribution in [3.8, 4) is 0 Å². The molecule has 0 bridgehead atoms. The van der Waals surface area contributed by atoms with Crippen LogP contribution >= 0.6 is 0 Å². The number of carboxylic acids is 6. The molecule has 38 heteroatoms. The molecular formula is C85H136N8O30. The molecule has 13 N–H and O–H groups in total. The summed E-state index contributed by atoms with van der Waals surface area (Å²) >= 11 is 0. The number of aryl methyl sites for hydroxylation is 1. The number of Topliss-reactive ketones (excluding diaryl/α,β-unsaturated/α-hetero) is 7. The van der Waals surface area contributed by atoms with Crippen LogP contribution in [0.4, 0.5) is 0 Å². The Bertz CT molecular complexity index is 3390. The van der Waals surface area contributed by atoms with Crippen molar-refractivity contribution < 1.29 is 145 Å². The number of imidazole rings is 1. The summed E-state index contributed by atoms with van der Waals surface area (Å²) in [5.41, 5.74) is 0.134. The van der Waals surface area contributed by atoms with Gasteiger partial charge in [-0.25, -0.2) is 9.78 Å². The summed E-state index contributed by atoms with van der Waals surface area (Å²) in [6, 6.07) is -2.03. The number of nitrogens with one attached hydrogen (secondary N) is 7. The number of amides is 5. The van der Waals surface area contributed by atoms with E-state index >= 15 is 0 Å². The number of ketones is 7. The molecular weight excluding hydrogens is 1610 g/mol. The highest BCUT2D eigenvalue weighted by atomic mass is 16.5. The lowest BCUT2D eigenvalue weighted by Crippen LogP contribution is -2.47. The number of carbonyl (C=O) groups is 18. The maximum atomic E-state index is 13.3. The summed E-state index contributed by atoms with van der Waals surface area (Å²) in [4.78, 5) is 228. The minimum absolute atomic E-state index is 0.000113. The molecule has 1 aromatic rings. The lowest BCUT2D eigenvalue weighted by molar-refractivity contribution is -0.145. The van der Waals surface area contributed by atoms with Crippen molar-refractivity contribution in [1.82, 2.24) is 41.9 Å². The number of aromatic nitrogens is 2. The molecule has 1 heterocycles. The number of H-pyrrole nitrogens is 1. The molecule has 2 rings (SSSR count). The van der Waals surface area contributed by atoms with Crippen LogP contribution < -0.4 is 31.9 Å². The van der Waals surface area contributed by atoms with Crippen molar-refractivity contribution in [1.29, 1.82) is 0 Å². The molecule has 0 unspecified atom stereocenters. The third-order valence-electron chi connectivity index (χ3n) is 21.1. The van der Waals surface area contributed by atoms with Crippen LogP contribution in [0.25, 0.3) is 0 Å². The van der Waals surface area contributed by atoms with Gasteiger partial charge in [0.2, 0.25) is 29.5 Å². The molecule has 0 saturated heterocycles. The number of hydrogen-bond donors (Lipinski definition) is 13. The highest BCUT2D eigenvalue weighted by Gasteiger charge is 2.45. The number of carbonyl (C=O) groups excluding carboxylic acids is 12. The van der Waals surface area contributed by atoms with E-state index in [4.69, 9.17) is 33.5 Å². The fourth-order valence-electron chi connectivity index (χ4n) is 13.6. The third-order valence-corrected chi connectivity index (χ3v) is 21.1. The van der Waals surface area contributed by atoms with E-state index in [1.807, 2.05) is 0 Å². The zero-order valence-corrected chi connectivity index (χ0v) is 71.6. The molecule has 0 aliphatic heterocycles. The van der Waals surface area contributed by atoms with Crippen molar-refractivity contribution >= 4 is 106 Å². The van der Waals surface area contributed by atoms with Crippen LogP contribution in [0, 0.1) is 29.1 Å².